The fraction of sp³-hybridized carbons (Fsp3) is 0.769. The van der Waals surface area contributed by atoms with E-state index in [0.717, 1.165) is 0 Å². The van der Waals surface area contributed by atoms with Crippen molar-refractivity contribution in [3.8, 4) is 0 Å². The van der Waals surface area contributed by atoms with Crippen molar-refractivity contribution < 1.29 is 9.32 Å². The molecule has 0 aromatic carbocycles. The topological polar surface area (TPSA) is 62.5 Å². The Hall–Kier alpha value is -1.43. The standard InChI is InChI=1S/C13H24N4O2/c1-9(2)12-14-11(15-19-12)7-8-17(6)13(18)10(3)16(4)5/h9-10H,7-8H2,1-6H3/t10-/m0/s1. The van der Waals surface area contributed by atoms with Crippen molar-refractivity contribution in [2.75, 3.05) is 27.7 Å². The van der Waals surface area contributed by atoms with Crippen LogP contribution in [-0.2, 0) is 11.2 Å². The van der Waals surface area contributed by atoms with Crippen molar-refractivity contribution in [2.24, 2.45) is 0 Å². The third kappa shape index (κ3) is 4.31. The van der Waals surface area contributed by atoms with Crippen LogP contribution in [-0.4, -0.2) is 59.6 Å². The molecule has 0 fully saturated rings. The van der Waals surface area contributed by atoms with Crippen molar-refractivity contribution in [1.82, 2.24) is 19.9 Å². The van der Waals surface area contributed by atoms with Gasteiger partial charge in [-0.2, -0.15) is 4.98 Å². The molecule has 1 aromatic heterocycles. The van der Waals surface area contributed by atoms with E-state index in [1.165, 1.54) is 0 Å². The van der Waals surface area contributed by atoms with Gasteiger partial charge in [-0.25, -0.2) is 0 Å². The highest BCUT2D eigenvalue weighted by Gasteiger charge is 2.19. The number of carbonyl (C=O) groups is 1. The van der Waals surface area contributed by atoms with Gasteiger partial charge in [0.1, 0.15) is 0 Å². The van der Waals surface area contributed by atoms with Gasteiger partial charge in [0.05, 0.1) is 6.04 Å². The molecule has 1 heterocycles. The second kappa shape index (κ2) is 6.65. The van der Waals surface area contributed by atoms with Crippen molar-refractivity contribution in [3.63, 3.8) is 0 Å². The average Bonchev–Trinajstić information content (AvgIpc) is 2.82. The first-order valence-corrected chi connectivity index (χ1v) is 6.56. The lowest BCUT2D eigenvalue weighted by Crippen LogP contribution is -2.43. The lowest BCUT2D eigenvalue weighted by atomic mass is 10.2. The molecule has 1 amide bonds. The van der Waals surface area contributed by atoms with E-state index in [1.54, 1.807) is 11.9 Å². The molecule has 0 saturated carbocycles. The highest BCUT2D eigenvalue weighted by Crippen LogP contribution is 2.11. The van der Waals surface area contributed by atoms with Gasteiger partial charge in [0, 0.05) is 25.9 Å². The Labute approximate surface area is 114 Å². The number of hydrogen-bond donors (Lipinski definition) is 0. The van der Waals surface area contributed by atoms with E-state index in [1.807, 2.05) is 39.8 Å². The molecule has 0 bridgehead atoms. The van der Waals surface area contributed by atoms with Crippen LogP contribution in [0.5, 0.6) is 0 Å². The molecule has 0 radical (unpaired) electrons. The molecule has 108 valence electrons. The van der Waals surface area contributed by atoms with Gasteiger partial charge in [0.15, 0.2) is 5.82 Å². The van der Waals surface area contributed by atoms with Gasteiger partial charge in [0.25, 0.3) is 0 Å². The lowest BCUT2D eigenvalue weighted by Gasteiger charge is -2.25. The Morgan fingerprint density at radius 1 is 1.26 bits per heavy atom. The normalized spacial score (nSPS) is 13.1. The van der Waals surface area contributed by atoms with Crippen LogP contribution in [0, 0.1) is 0 Å². The predicted octanol–water partition coefficient (Wildman–Crippen LogP) is 1.14. The number of likely N-dealkylation sites (N-methyl/N-ethyl adjacent to an activating group) is 2. The molecule has 1 rings (SSSR count). The first kappa shape index (κ1) is 15.6. The number of amides is 1. The third-order valence-corrected chi connectivity index (χ3v) is 3.16. The van der Waals surface area contributed by atoms with Crippen LogP contribution in [0.4, 0.5) is 0 Å². The maximum absolute atomic E-state index is 12.0. The summed E-state index contributed by atoms with van der Waals surface area (Å²) in [6.45, 7) is 6.50. The molecular weight excluding hydrogens is 244 g/mol. The summed E-state index contributed by atoms with van der Waals surface area (Å²) in [5.41, 5.74) is 0. The number of hydrogen-bond acceptors (Lipinski definition) is 5. The molecule has 19 heavy (non-hydrogen) atoms. The van der Waals surface area contributed by atoms with E-state index in [2.05, 4.69) is 10.1 Å². The van der Waals surface area contributed by atoms with Gasteiger partial charge in [-0.05, 0) is 21.0 Å². The van der Waals surface area contributed by atoms with Crippen molar-refractivity contribution >= 4 is 5.91 Å². The van der Waals surface area contributed by atoms with Crippen LogP contribution in [0.15, 0.2) is 4.52 Å². The number of nitrogens with zero attached hydrogens (tertiary/aromatic N) is 4. The SMILES string of the molecule is CC(C)c1nc(CCN(C)C(=O)[C@H](C)N(C)C)no1. The highest BCUT2D eigenvalue weighted by atomic mass is 16.5. The molecule has 6 nitrogen and oxygen atoms in total. The second-order valence-corrected chi connectivity index (χ2v) is 5.35. The lowest BCUT2D eigenvalue weighted by molar-refractivity contribution is -0.134. The van der Waals surface area contributed by atoms with Crippen LogP contribution >= 0.6 is 0 Å². The van der Waals surface area contributed by atoms with E-state index < -0.39 is 0 Å². The van der Waals surface area contributed by atoms with E-state index in [-0.39, 0.29) is 17.9 Å². The maximum atomic E-state index is 12.0. The van der Waals surface area contributed by atoms with Gasteiger partial charge in [0.2, 0.25) is 11.8 Å². The smallest absolute Gasteiger partial charge is 0.239 e. The summed E-state index contributed by atoms with van der Waals surface area (Å²) in [4.78, 5) is 19.9. The zero-order valence-electron chi connectivity index (χ0n) is 12.7. The number of aromatic nitrogens is 2. The summed E-state index contributed by atoms with van der Waals surface area (Å²) in [5, 5.41) is 3.91. The summed E-state index contributed by atoms with van der Waals surface area (Å²) < 4.78 is 5.13. The Morgan fingerprint density at radius 3 is 2.37 bits per heavy atom. The molecule has 0 saturated heterocycles. The van der Waals surface area contributed by atoms with Gasteiger partial charge >= 0.3 is 0 Å². The minimum Gasteiger partial charge on any atom is -0.344 e. The molecule has 1 aromatic rings. The van der Waals surface area contributed by atoms with Crippen LogP contribution in [0.1, 0.15) is 38.4 Å². The van der Waals surface area contributed by atoms with E-state index in [9.17, 15) is 4.79 Å². The molecule has 0 aliphatic rings. The largest absolute Gasteiger partial charge is 0.344 e. The second-order valence-electron chi connectivity index (χ2n) is 5.35. The summed E-state index contributed by atoms with van der Waals surface area (Å²) in [6, 6.07) is -0.124. The Balaban J connectivity index is 2.49. The molecule has 0 unspecified atom stereocenters. The summed E-state index contributed by atoms with van der Waals surface area (Å²) in [7, 11) is 5.58. The maximum Gasteiger partial charge on any atom is 0.239 e. The first-order valence-electron chi connectivity index (χ1n) is 6.56. The van der Waals surface area contributed by atoms with Crippen LogP contribution in [0.2, 0.25) is 0 Å². The van der Waals surface area contributed by atoms with Gasteiger partial charge in [-0.3, -0.25) is 9.69 Å². The van der Waals surface area contributed by atoms with Gasteiger partial charge in [-0.1, -0.05) is 19.0 Å². The van der Waals surface area contributed by atoms with Crippen molar-refractivity contribution in [3.05, 3.63) is 11.7 Å². The summed E-state index contributed by atoms with van der Waals surface area (Å²) in [5.74, 6) is 1.62. The Morgan fingerprint density at radius 2 is 1.89 bits per heavy atom. The molecule has 0 aliphatic heterocycles. The monoisotopic (exact) mass is 268 g/mol. The zero-order chi connectivity index (χ0) is 14.6. The zero-order valence-corrected chi connectivity index (χ0v) is 12.7. The third-order valence-electron chi connectivity index (χ3n) is 3.16. The fourth-order valence-corrected chi connectivity index (χ4v) is 1.52. The predicted molar refractivity (Wildman–Crippen MR) is 72.9 cm³/mol. The molecule has 0 N–H and O–H groups in total. The average molecular weight is 268 g/mol. The highest BCUT2D eigenvalue weighted by molar-refractivity contribution is 5.81. The van der Waals surface area contributed by atoms with Gasteiger partial charge in [-0.15, -0.1) is 0 Å². The van der Waals surface area contributed by atoms with E-state index in [4.69, 9.17) is 4.52 Å². The fourth-order valence-electron chi connectivity index (χ4n) is 1.52. The molecular formula is C13H24N4O2. The number of carbonyl (C=O) groups excluding carboxylic acids is 1. The molecule has 6 heteroatoms. The Kier molecular flexibility index (Phi) is 5.47. The van der Waals surface area contributed by atoms with Gasteiger partial charge < -0.3 is 9.42 Å². The van der Waals surface area contributed by atoms with Crippen molar-refractivity contribution in [2.45, 2.75) is 39.2 Å². The quantitative estimate of drug-likeness (QED) is 0.774. The van der Waals surface area contributed by atoms with E-state index >= 15 is 0 Å². The van der Waals surface area contributed by atoms with E-state index in [0.29, 0.717) is 24.7 Å². The molecule has 0 spiro atoms. The molecule has 0 aliphatic carbocycles. The summed E-state index contributed by atoms with van der Waals surface area (Å²) in [6.07, 6.45) is 0.610. The number of rotatable bonds is 6. The minimum atomic E-state index is -0.124. The van der Waals surface area contributed by atoms with Crippen LogP contribution in [0.3, 0.4) is 0 Å². The first-order chi connectivity index (χ1) is 8.82. The molecule has 1 atom stereocenters. The Bertz CT molecular complexity index is 415. The summed E-state index contributed by atoms with van der Waals surface area (Å²) >= 11 is 0. The van der Waals surface area contributed by atoms with Crippen molar-refractivity contribution in [1.29, 1.82) is 0 Å². The van der Waals surface area contributed by atoms with Crippen LogP contribution < -0.4 is 0 Å². The minimum absolute atomic E-state index is 0.0950. The van der Waals surface area contributed by atoms with Crippen LogP contribution in [0.25, 0.3) is 0 Å².